The molecule has 1 amide bonds. The van der Waals surface area contributed by atoms with Crippen molar-refractivity contribution in [1.82, 2.24) is 10.2 Å². The number of rotatable bonds is 4. The molecule has 0 unspecified atom stereocenters. The lowest BCUT2D eigenvalue weighted by Crippen LogP contribution is -2.13. The molecule has 0 atom stereocenters. The minimum Gasteiger partial charge on any atom is -0.459 e. The number of amides is 1. The largest absolute Gasteiger partial charge is 0.459 e. The molecule has 0 aliphatic carbocycles. The fraction of sp³-hybridized carbons (Fsp3) is 0. The van der Waals surface area contributed by atoms with Crippen LogP contribution >= 0.6 is 22.6 Å². The van der Waals surface area contributed by atoms with Crippen LogP contribution in [0.2, 0.25) is 0 Å². The number of hydrogen-bond acceptors (Lipinski definition) is 5. The average molecular weight is 475 g/mol. The van der Waals surface area contributed by atoms with Gasteiger partial charge in [-0.2, -0.15) is 0 Å². The summed E-state index contributed by atoms with van der Waals surface area (Å²) >= 11 is 1.99. The lowest BCUT2D eigenvalue weighted by molar-refractivity contribution is 0.102. The average Bonchev–Trinajstić information content (AvgIpc) is 3.35. The van der Waals surface area contributed by atoms with E-state index in [1.165, 1.54) is 18.4 Å². The summed E-state index contributed by atoms with van der Waals surface area (Å²) in [5.74, 6) is 0.152. The van der Waals surface area contributed by atoms with Gasteiger partial charge in [-0.15, -0.1) is 10.2 Å². The van der Waals surface area contributed by atoms with Gasteiger partial charge in [-0.3, -0.25) is 4.79 Å². The Morgan fingerprint density at radius 3 is 2.70 bits per heavy atom. The number of nitrogens with one attached hydrogen (secondary N) is 1. The van der Waals surface area contributed by atoms with Crippen molar-refractivity contribution in [3.63, 3.8) is 0 Å². The minimum atomic E-state index is -0.467. The zero-order chi connectivity index (χ0) is 18.8. The van der Waals surface area contributed by atoms with Crippen LogP contribution in [0.1, 0.15) is 10.4 Å². The molecular weight excluding hydrogens is 464 g/mol. The van der Waals surface area contributed by atoms with Crippen molar-refractivity contribution in [3.05, 3.63) is 75.8 Å². The predicted molar refractivity (Wildman–Crippen MR) is 105 cm³/mol. The molecule has 0 saturated carbocycles. The summed E-state index contributed by atoms with van der Waals surface area (Å²) < 4.78 is 24.9. The number of furan rings is 1. The van der Waals surface area contributed by atoms with E-state index in [2.05, 4.69) is 15.5 Å². The molecule has 0 spiro atoms. The molecule has 27 heavy (non-hydrogen) atoms. The van der Waals surface area contributed by atoms with E-state index in [0.29, 0.717) is 20.6 Å². The van der Waals surface area contributed by atoms with Gasteiger partial charge in [0.1, 0.15) is 5.82 Å². The molecule has 134 valence electrons. The highest BCUT2D eigenvalue weighted by molar-refractivity contribution is 14.1. The Hall–Kier alpha value is -3.01. The number of hydrogen-bond donors (Lipinski definition) is 1. The van der Waals surface area contributed by atoms with Crippen molar-refractivity contribution >= 4 is 34.2 Å². The lowest BCUT2D eigenvalue weighted by Gasteiger charge is -2.08. The second-order valence-electron chi connectivity index (χ2n) is 5.55. The fourth-order valence-electron chi connectivity index (χ4n) is 2.44. The molecule has 2 aromatic carbocycles. The Morgan fingerprint density at radius 1 is 1.04 bits per heavy atom. The van der Waals surface area contributed by atoms with E-state index in [9.17, 15) is 9.18 Å². The number of nitrogens with zero attached hydrogens (tertiary/aromatic N) is 2. The number of carbonyl (C=O) groups excluding carboxylic acids is 1. The standard InChI is InChI=1S/C19H11FIN3O3/c20-12-6-7-15(21)14(10-12)17(25)22-13-4-1-3-11(9-13)18-23-24-19(27-18)16-5-2-8-26-16/h1-10H,(H,22,25). The van der Waals surface area contributed by atoms with Gasteiger partial charge in [0.15, 0.2) is 5.76 Å². The van der Waals surface area contributed by atoms with E-state index in [-0.39, 0.29) is 17.3 Å². The number of benzene rings is 2. The maximum atomic E-state index is 13.4. The smallest absolute Gasteiger partial charge is 0.283 e. The molecule has 0 fully saturated rings. The molecule has 0 radical (unpaired) electrons. The summed E-state index contributed by atoms with van der Waals surface area (Å²) in [7, 11) is 0. The molecule has 0 aliphatic rings. The molecule has 4 aromatic rings. The van der Waals surface area contributed by atoms with Crippen LogP contribution in [0.5, 0.6) is 0 Å². The van der Waals surface area contributed by atoms with E-state index in [1.54, 1.807) is 42.5 Å². The van der Waals surface area contributed by atoms with Crippen molar-refractivity contribution in [2.45, 2.75) is 0 Å². The molecule has 0 saturated heterocycles. The monoisotopic (exact) mass is 475 g/mol. The molecule has 2 heterocycles. The van der Waals surface area contributed by atoms with Gasteiger partial charge in [-0.25, -0.2) is 4.39 Å². The molecule has 4 rings (SSSR count). The summed E-state index contributed by atoms with van der Waals surface area (Å²) in [5, 5.41) is 10.7. The number of halogens is 2. The summed E-state index contributed by atoms with van der Waals surface area (Å²) in [6, 6.07) is 14.5. The van der Waals surface area contributed by atoms with Crippen LogP contribution in [0.3, 0.4) is 0 Å². The molecule has 0 bridgehead atoms. The minimum absolute atomic E-state index is 0.263. The van der Waals surface area contributed by atoms with Gasteiger partial charge in [0.25, 0.3) is 11.8 Å². The van der Waals surface area contributed by atoms with Crippen LogP contribution in [0.25, 0.3) is 23.1 Å². The normalized spacial score (nSPS) is 10.7. The Labute approximate surface area is 166 Å². The lowest BCUT2D eigenvalue weighted by atomic mass is 10.1. The van der Waals surface area contributed by atoms with E-state index >= 15 is 0 Å². The second-order valence-corrected chi connectivity index (χ2v) is 6.71. The van der Waals surface area contributed by atoms with Crippen LogP contribution < -0.4 is 5.32 Å². The van der Waals surface area contributed by atoms with Crippen LogP contribution in [0, 0.1) is 9.39 Å². The van der Waals surface area contributed by atoms with Gasteiger partial charge in [0.05, 0.1) is 11.8 Å². The fourth-order valence-corrected chi connectivity index (χ4v) is 3.02. The van der Waals surface area contributed by atoms with Gasteiger partial charge in [0, 0.05) is 14.8 Å². The first kappa shape index (κ1) is 17.4. The summed E-state index contributed by atoms with van der Waals surface area (Å²) in [4.78, 5) is 12.4. The van der Waals surface area contributed by atoms with E-state index in [0.717, 1.165) is 0 Å². The third kappa shape index (κ3) is 3.75. The maximum Gasteiger partial charge on any atom is 0.283 e. The molecule has 1 N–H and O–H groups in total. The van der Waals surface area contributed by atoms with Gasteiger partial charge >= 0.3 is 0 Å². The Balaban J connectivity index is 1.58. The highest BCUT2D eigenvalue weighted by atomic mass is 127. The van der Waals surface area contributed by atoms with Gasteiger partial charge in [-0.1, -0.05) is 6.07 Å². The second kappa shape index (κ2) is 7.31. The van der Waals surface area contributed by atoms with E-state index in [4.69, 9.17) is 8.83 Å². The molecule has 8 heteroatoms. The van der Waals surface area contributed by atoms with Crippen LogP contribution in [-0.2, 0) is 0 Å². The Bertz CT molecular complexity index is 1110. The van der Waals surface area contributed by atoms with Crippen molar-refractivity contribution in [3.8, 4) is 23.1 Å². The van der Waals surface area contributed by atoms with Crippen LogP contribution in [0.4, 0.5) is 10.1 Å². The third-order valence-electron chi connectivity index (χ3n) is 3.70. The molecule has 6 nitrogen and oxygen atoms in total. The van der Waals surface area contributed by atoms with E-state index in [1.807, 2.05) is 22.6 Å². The van der Waals surface area contributed by atoms with Crippen molar-refractivity contribution < 1.29 is 18.0 Å². The number of carbonyl (C=O) groups is 1. The SMILES string of the molecule is O=C(Nc1cccc(-c2nnc(-c3ccco3)o2)c1)c1cc(F)ccc1I. The van der Waals surface area contributed by atoms with Crippen LogP contribution in [0.15, 0.2) is 69.7 Å². The first-order valence-electron chi connectivity index (χ1n) is 7.84. The first-order valence-corrected chi connectivity index (χ1v) is 8.92. The zero-order valence-corrected chi connectivity index (χ0v) is 15.8. The highest BCUT2D eigenvalue weighted by Crippen LogP contribution is 2.26. The summed E-state index contributed by atoms with van der Waals surface area (Å²) in [6.45, 7) is 0. The third-order valence-corrected chi connectivity index (χ3v) is 4.64. The molecule has 2 aromatic heterocycles. The van der Waals surface area contributed by atoms with Gasteiger partial charge < -0.3 is 14.2 Å². The Kier molecular flexibility index (Phi) is 4.71. The first-order chi connectivity index (χ1) is 13.1. The van der Waals surface area contributed by atoms with Crippen molar-refractivity contribution in [2.75, 3.05) is 5.32 Å². The maximum absolute atomic E-state index is 13.4. The molecular formula is C19H11FIN3O3. The quantitative estimate of drug-likeness (QED) is 0.421. The van der Waals surface area contributed by atoms with Crippen molar-refractivity contribution in [1.29, 1.82) is 0 Å². The van der Waals surface area contributed by atoms with Gasteiger partial charge in [0.2, 0.25) is 5.89 Å². The summed E-state index contributed by atoms with van der Waals surface area (Å²) in [5.41, 5.74) is 1.42. The highest BCUT2D eigenvalue weighted by Gasteiger charge is 2.15. The van der Waals surface area contributed by atoms with Crippen LogP contribution in [-0.4, -0.2) is 16.1 Å². The predicted octanol–water partition coefficient (Wildman–Crippen LogP) is 4.99. The topological polar surface area (TPSA) is 81.2 Å². The summed E-state index contributed by atoms with van der Waals surface area (Å²) in [6.07, 6.45) is 1.52. The number of aromatic nitrogens is 2. The van der Waals surface area contributed by atoms with Gasteiger partial charge in [-0.05, 0) is 71.1 Å². The zero-order valence-electron chi connectivity index (χ0n) is 13.6. The number of anilines is 1. The van der Waals surface area contributed by atoms with Crippen molar-refractivity contribution in [2.24, 2.45) is 0 Å². The molecule has 0 aliphatic heterocycles. The van der Waals surface area contributed by atoms with E-state index < -0.39 is 11.7 Å². The Morgan fingerprint density at radius 2 is 1.89 bits per heavy atom.